The second-order valence-corrected chi connectivity index (χ2v) is 7.04. The minimum absolute atomic E-state index is 0.111. The second kappa shape index (κ2) is 9.67. The minimum atomic E-state index is -0.666. The van der Waals surface area contributed by atoms with E-state index in [9.17, 15) is 9.59 Å². The molecule has 0 fully saturated rings. The molecule has 156 valence electrons. The highest BCUT2D eigenvalue weighted by atomic mass is 16.5. The van der Waals surface area contributed by atoms with Crippen LogP contribution in [-0.4, -0.2) is 60.4 Å². The number of aryl methyl sites for hydroxylation is 1. The zero-order valence-corrected chi connectivity index (χ0v) is 17.2. The number of fused-ring (bicyclic) bond motifs is 1. The normalized spacial score (nSPS) is 14.4. The fourth-order valence-corrected chi connectivity index (χ4v) is 3.64. The van der Waals surface area contributed by atoms with Gasteiger partial charge in [0.1, 0.15) is 0 Å². The van der Waals surface area contributed by atoms with E-state index in [2.05, 4.69) is 10.4 Å². The van der Waals surface area contributed by atoms with Gasteiger partial charge in [-0.1, -0.05) is 30.3 Å². The van der Waals surface area contributed by atoms with Crippen molar-refractivity contribution in [2.75, 3.05) is 33.9 Å². The molecule has 0 saturated carbocycles. The Labute approximate surface area is 170 Å². The van der Waals surface area contributed by atoms with Crippen LogP contribution in [0.15, 0.2) is 30.3 Å². The summed E-state index contributed by atoms with van der Waals surface area (Å²) in [6, 6.07) is 9.43. The maximum Gasteiger partial charge on any atom is 0.272 e. The van der Waals surface area contributed by atoms with Gasteiger partial charge in [-0.3, -0.25) is 14.3 Å². The van der Waals surface area contributed by atoms with Crippen molar-refractivity contribution in [1.82, 2.24) is 20.0 Å². The number of aromatic nitrogens is 2. The highest BCUT2D eigenvalue weighted by Crippen LogP contribution is 2.26. The number of carbonyl (C=O) groups excluding carboxylic acids is 2. The number of benzene rings is 1. The topological polar surface area (TPSA) is 85.7 Å². The molecule has 1 aromatic carbocycles. The van der Waals surface area contributed by atoms with Crippen LogP contribution in [0.4, 0.5) is 0 Å². The number of rotatable bonds is 8. The maximum atomic E-state index is 13.1. The summed E-state index contributed by atoms with van der Waals surface area (Å²) >= 11 is 0. The van der Waals surface area contributed by atoms with Crippen LogP contribution in [-0.2, 0) is 34.3 Å². The van der Waals surface area contributed by atoms with Gasteiger partial charge in [0.2, 0.25) is 0 Å². The smallest absolute Gasteiger partial charge is 0.272 e. The summed E-state index contributed by atoms with van der Waals surface area (Å²) < 4.78 is 12.2. The van der Waals surface area contributed by atoms with Crippen molar-refractivity contribution in [2.24, 2.45) is 7.05 Å². The van der Waals surface area contributed by atoms with Crippen molar-refractivity contribution in [2.45, 2.75) is 25.5 Å². The molecule has 1 atom stereocenters. The third-order valence-electron chi connectivity index (χ3n) is 5.14. The molecule has 0 aliphatic carbocycles. The summed E-state index contributed by atoms with van der Waals surface area (Å²) in [5.74, 6) is -0.335. The number of hydrogen-bond donors (Lipinski definition) is 1. The van der Waals surface area contributed by atoms with Crippen molar-refractivity contribution in [3.8, 4) is 0 Å². The Balaban J connectivity index is 1.75. The van der Waals surface area contributed by atoms with E-state index < -0.39 is 6.10 Å². The molecule has 1 unspecified atom stereocenters. The summed E-state index contributed by atoms with van der Waals surface area (Å²) in [5.41, 5.74) is 2.99. The zero-order valence-electron chi connectivity index (χ0n) is 17.2. The van der Waals surface area contributed by atoms with E-state index in [0.717, 1.165) is 23.2 Å². The van der Waals surface area contributed by atoms with Gasteiger partial charge in [0.05, 0.1) is 0 Å². The van der Waals surface area contributed by atoms with Gasteiger partial charge in [-0.05, 0) is 12.0 Å². The first-order valence-electron chi connectivity index (χ1n) is 9.75. The molecule has 29 heavy (non-hydrogen) atoms. The Morgan fingerprint density at radius 1 is 1.24 bits per heavy atom. The van der Waals surface area contributed by atoms with Crippen molar-refractivity contribution in [3.63, 3.8) is 0 Å². The molecule has 2 amide bonds. The number of carbonyl (C=O) groups is 2. The Morgan fingerprint density at radius 2 is 2.00 bits per heavy atom. The average Bonchev–Trinajstić information content (AvgIpc) is 3.08. The zero-order chi connectivity index (χ0) is 20.8. The predicted octanol–water partition coefficient (Wildman–Crippen LogP) is 1.46. The monoisotopic (exact) mass is 400 g/mol. The lowest BCUT2D eigenvalue weighted by Crippen LogP contribution is -2.40. The van der Waals surface area contributed by atoms with Gasteiger partial charge >= 0.3 is 0 Å². The summed E-state index contributed by atoms with van der Waals surface area (Å²) in [6.45, 7) is 2.00. The molecular formula is C21H28N4O4. The van der Waals surface area contributed by atoms with E-state index >= 15 is 0 Å². The lowest BCUT2D eigenvalue weighted by atomic mass is 10.0. The third kappa shape index (κ3) is 4.65. The summed E-state index contributed by atoms with van der Waals surface area (Å²) in [6.07, 6.45) is 0.710. The number of amides is 2. The van der Waals surface area contributed by atoms with E-state index in [1.165, 1.54) is 7.11 Å². The first-order valence-corrected chi connectivity index (χ1v) is 9.75. The molecule has 1 aliphatic heterocycles. The van der Waals surface area contributed by atoms with Crippen LogP contribution in [0.3, 0.4) is 0 Å². The average molecular weight is 400 g/mol. The molecule has 1 aromatic heterocycles. The molecule has 0 spiro atoms. The fraction of sp³-hybridized carbons (Fsp3) is 0.476. The van der Waals surface area contributed by atoms with E-state index in [-0.39, 0.29) is 11.8 Å². The van der Waals surface area contributed by atoms with Gasteiger partial charge in [-0.2, -0.15) is 5.10 Å². The van der Waals surface area contributed by atoms with E-state index in [0.29, 0.717) is 38.4 Å². The molecule has 2 aromatic rings. The Kier molecular flexibility index (Phi) is 7.00. The standard InChI is InChI=1S/C21H28N4O4/c1-24-17-10-12-25(21(27)19(29-3)15-8-5-4-6-9-15)14-16(17)18(23-24)20(26)22-11-7-13-28-2/h4-6,8-9,19H,7,10-14H2,1-3H3,(H,22,26). The Hall–Kier alpha value is -2.71. The first kappa shape index (κ1) is 21.0. The molecule has 1 N–H and O–H groups in total. The lowest BCUT2D eigenvalue weighted by Gasteiger charge is -2.30. The van der Waals surface area contributed by atoms with Crippen molar-refractivity contribution in [1.29, 1.82) is 0 Å². The van der Waals surface area contributed by atoms with E-state index in [1.54, 1.807) is 16.7 Å². The SMILES string of the molecule is COCCCNC(=O)c1nn(C)c2c1CN(C(=O)C(OC)c1ccccc1)CC2. The fourth-order valence-electron chi connectivity index (χ4n) is 3.64. The summed E-state index contributed by atoms with van der Waals surface area (Å²) in [4.78, 5) is 27.5. The van der Waals surface area contributed by atoms with Gasteiger partial charge in [0.15, 0.2) is 11.8 Å². The van der Waals surface area contributed by atoms with Crippen LogP contribution in [0, 0.1) is 0 Å². The molecule has 8 heteroatoms. The quantitative estimate of drug-likeness (QED) is 0.678. The molecule has 8 nitrogen and oxygen atoms in total. The largest absolute Gasteiger partial charge is 0.385 e. The predicted molar refractivity (Wildman–Crippen MR) is 107 cm³/mol. The number of hydrogen-bond acceptors (Lipinski definition) is 5. The van der Waals surface area contributed by atoms with Crippen molar-refractivity contribution < 1.29 is 19.1 Å². The van der Waals surface area contributed by atoms with E-state index in [1.807, 2.05) is 37.4 Å². The molecule has 0 bridgehead atoms. The van der Waals surface area contributed by atoms with Crippen LogP contribution >= 0.6 is 0 Å². The van der Waals surface area contributed by atoms with Crippen molar-refractivity contribution >= 4 is 11.8 Å². The van der Waals surface area contributed by atoms with Gasteiger partial charge in [-0.15, -0.1) is 0 Å². The molecule has 0 radical (unpaired) electrons. The first-order chi connectivity index (χ1) is 14.1. The van der Waals surface area contributed by atoms with E-state index in [4.69, 9.17) is 9.47 Å². The third-order valence-corrected chi connectivity index (χ3v) is 5.14. The van der Waals surface area contributed by atoms with Crippen LogP contribution in [0.25, 0.3) is 0 Å². The van der Waals surface area contributed by atoms with Gasteiger partial charge < -0.3 is 19.7 Å². The number of ether oxygens (including phenoxy) is 2. The molecule has 3 rings (SSSR count). The van der Waals surface area contributed by atoms with Crippen LogP contribution < -0.4 is 5.32 Å². The van der Waals surface area contributed by atoms with Crippen LogP contribution in [0.5, 0.6) is 0 Å². The van der Waals surface area contributed by atoms with Gasteiger partial charge in [0.25, 0.3) is 11.8 Å². The molecule has 0 saturated heterocycles. The summed E-state index contributed by atoms with van der Waals surface area (Å²) in [5, 5.41) is 7.29. The second-order valence-electron chi connectivity index (χ2n) is 7.04. The highest BCUT2D eigenvalue weighted by molar-refractivity contribution is 5.94. The van der Waals surface area contributed by atoms with Gasteiger partial charge in [-0.25, -0.2) is 0 Å². The van der Waals surface area contributed by atoms with Crippen molar-refractivity contribution in [3.05, 3.63) is 52.8 Å². The molecular weight excluding hydrogens is 372 g/mol. The Bertz CT molecular complexity index is 850. The highest BCUT2D eigenvalue weighted by Gasteiger charge is 2.32. The number of methoxy groups -OCH3 is 2. The van der Waals surface area contributed by atoms with Gasteiger partial charge in [0, 0.05) is 65.2 Å². The molecule has 2 heterocycles. The number of nitrogens with one attached hydrogen (secondary N) is 1. The summed E-state index contributed by atoms with van der Waals surface area (Å²) in [7, 11) is 5.00. The lowest BCUT2D eigenvalue weighted by molar-refractivity contribution is -0.143. The van der Waals surface area contributed by atoms with Crippen LogP contribution in [0.2, 0.25) is 0 Å². The number of nitrogens with zero attached hydrogens (tertiary/aromatic N) is 3. The minimum Gasteiger partial charge on any atom is -0.385 e. The van der Waals surface area contributed by atoms with Crippen LogP contribution in [0.1, 0.15) is 39.8 Å². The maximum absolute atomic E-state index is 13.1. The Morgan fingerprint density at radius 3 is 2.69 bits per heavy atom. The molecule has 1 aliphatic rings.